The summed E-state index contributed by atoms with van der Waals surface area (Å²) in [7, 11) is 1.21. The van der Waals surface area contributed by atoms with Crippen LogP contribution in [0.5, 0.6) is 5.75 Å². The molecule has 8 nitrogen and oxygen atoms in total. The molecule has 1 amide bonds. The van der Waals surface area contributed by atoms with Gasteiger partial charge in [0.05, 0.1) is 7.11 Å². The molecule has 0 aliphatic rings. The van der Waals surface area contributed by atoms with Gasteiger partial charge in [0, 0.05) is 11.3 Å². The third kappa shape index (κ3) is 6.66. The van der Waals surface area contributed by atoms with E-state index in [-0.39, 0.29) is 13.0 Å². The van der Waals surface area contributed by atoms with Gasteiger partial charge in [-0.25, -0.2) is 9.18 Å². The lowest BCUT2D eigenvalue weighted by atomic mass is 10.1. The van der Waals surface area contributed by atoms with Gasteiger partial charge < -0.3 is 14.8 Å². The molecule has 23 heavy (non-hydrogen) atoms. The molecule has 1 N–H and O–H groups in total. The van der Waals surface area contributed by atoms with Crippen molar-refractivity contribution >= 4 is 11.9 Å². The first-order chi connectivity index (χ1) is 11.1. The molecule has 124 valence electrons. The lowest BCUT2D eigenvalue weighted by Crippen LogP contribution is -2.43. The normalized spacial score (nSPS) is 11.0. The molecule has 0 aromatic heterocycles. The molecule has 0 bridgehead atoms. The van der Waals surface area contributed by atoms with Gasteiger partial charge in [0.15, 0.2) is 0 Å². The first-order valence-corrected chi connectivity index (χ1v) is 6.76. The van der Waals surface area contributed by atoms with Crippen molar-refractivity contribution < 1.29 is 23.5 Å². The molecular formula is C14H17FN4O4. The maximum Gasteiger partial charge on any atom is 0.328 e. The van der Waals surface area contributed by atoms with Crippen LogP contribution in [0.2, 0.25) is 0 Å². The number of azide groups is 1. The number of esters is 1. The summed E-state index contributed by atoms with van der Waals surface area (Å²) in [6, 6.07) is 5.77. The van der Waals surface area contributed by atoms with Crippen molar-refractivity contribution in [3.63, 3.8) is 0 Å². The topological polar surface area (TPSA) is 113 Å². The second-order valence-electron chi connectivity index (χ2n) is 4.42. The number of methoxy groups -OCH3 is 1. The van der Waals surface area contributed by atoms with Crippen molar-refractivity contribution in [2.75, 3.05) is 26.9 Å². The zero-order valence-electron chi connectivity index (χ0n) is 12.6. The number of carbonyl (C=O) groups is 2. The van der Waals surface area contributed by atoms with Crippen LogP contribution in [0.3, 0.4) is 0 Å². The van der Waals surface area contributed by atoms with Crippen LogP contribution in [0.1, 0.15) is 5.56 Å². The highest BCUT2D eigenvalue weighted by molar-refractivity contribution is 5.85. The fraction of sp³-hybridized carbons (Fsp3) is 0.429. The van der Waals surface area contributed by atoms with E-state index in [9.17, 15) is 14.0 Å². The Morgan fingerprint density at radius 1 is 1.39 bits per heavy atom. The van der Waals surface area contributed by atoms with Gasteiger partial charge in [-0.05, 0) is 23.2 Å². The first kappa shape index (κ1) is 18.2. The van der Waals surface area contributed by atoms with Crippen LogP contribution >= 0.6 is 0 Å². The van der Waals surface area contributed by atoms with E-state index in [1.807, 2.05) is 0 Å². The van der Waals surface area contributed by atoms with Crippen molar-refractivity contribution in [2.45, 2.75) is 12.5 Å². The van der Waals surface area contributed by atoms with Crippen LogP contribution in [-0.2, 0) is 20.7 Å². The maximum atomic E-state index is 12.0. The quantitative estimate of drug-likeness (QED) is 0.321. The monoisotopic (exact) mass is 324 g/mol. The highest BCUT2D eigenvalue weighted by atomic mass is 19.1. The number of carbonyl (C=O) groups excluding carboxylic acids is 2. The SMILES string of the molecule is COC(=O)[C@H](Cc1ccc(OCCF)cc1)NC(=O)CN=[N+]=[N-]. The molecular weight excluding hydrogens is 307 g/mol. The number of nitrogens with one attached hydrogen (secondary N) is 1. The van der Waals surface area contributed by atoms with Crippen molar-refractivity contribution in [1.29, 1.82) is 0 Å². The first-order valence-electron chi connectivity index (χ1n) is 6.76. The van der Waals surface area contributed by atoms with Gasteiger partial charge in [-0.15, -0.1) is 0 Å². The molecule has 0 saturated heterocycles. The van der Waals surface area contributed by atoms with Crippen LogP contribution < -0.4 is 10.1 Å². The van der Waals surface area contributed by atoms with Crippen LogP contribution in [0.15, 0.2) is 29.4 Å². The van der Waals surface area contributed by atoms with Gasteiger partial charge in [0.2, 0.25) is 5.91 Å². The fourth-order valence-electron chi connectivity index (χ4n) is 1.79. The van der Waals surface area contributed by atoms with Gasteiger partial charge in [0.1, 0.15) is 31.6 Å². The van der Waals surface area contributed by atoms with E-state index in [0.717, 1.165) is 5.56 Å². The number of amides is 1. The lowest BCUT2D eigenvalue weighted by molar-refractivity contribution is -0.144. The second-order valence-corrected chi connectivity index (χ2v) is 4.42. The van der Waals surface area contributed by atoms with Crippen LogP contribution in [-0.4, -0.2) is 44.9 Å². The van der Waals surface area contributed by atoms with E-state index in [1.54, 1.807) is 24.3 Å². The largest absolute Gasteiger partial charge is 0.491 e. The standard InChI is InChI=1S/C14H17FN4O4/c1-22-14(21)12(18-13(20)9-17-19-16)8-10-2-4-11(5-3-10)23-7-6-15/h2-5,12H,6-9H2,1H3,(H,18,20)/t12-/m0/s1. The summed E-state index contributed by atoms with van der Waals surface area (Å²) in [5.41, 5.74) is 8.93. The Morgan fingerprint density at radius 2 is 2.09 bits per heavy atom. The molecule has 0 aliphatic carbocycles. The molecule has 0 aliphatic heterocycles. The van der Waals surface area contributed by atoms with E-state index >= 15 is 0 Å². The second kappa shape index (κ2) is 10.0. The zero-order chi connectivity index (χ0) is 17.1. The van der Waals surface area contributed by atoms with E-state index < -0.39 is 31.1 Å². The van der Waals surface area contributed by atoms with Gasteiger partial charge in [0.25, 0.3) is 0 Å². The Morgan fingerprint density at radius 3 is 2.65 bits per heavy atom. The molecule has 1 aromatic rings. The average Bonchev–Trinajstić information content (AvgIpc) is 2.58. The molecule has 0 radical (unpaired) electrons. The number of halogens is 1. The summed E-state index contributed by atoms with van der Waals surface area (Å²) in [5, 5.41) is 5.57. The summed E-state index contributed by atoms with van der Waals surface area (Å²) >= 11 is 0. The highest BCUT2D eigenvalue weighted by Gasteiger charge is 2.21. The Kier molecular flexibility index (Phi) is 7.95. The number of alkyl halides is 1. The van der Waals surface area contributed by atoms with Crippen molar-refractivity contribution in [1.82, 2.24) is 5.32 Å². The van der Waals surface area contributed by atoms with Gasteiger partial charge >= 0.3 is 5.97 Å². The minimum atomic E-state index is -0.904. The lowest BCUT2D eigenvalue weighted by Gasteiger charge is -2.16. The predicted octanol–water partition coefficient (Wildman–Crippen LogP) is 1.55. The number of ether oxygens (including phenoxy) is 2. The summed E-state index contributed by atoms with van der Waals surface area (Å²) in [6.45, 7) is -1.01. The molecule has 0 fully saturated rings. The van der Waals surface area contributed by atoms with Crippen LogP contribution in [0.4, 0.5) is 4.39 Å². The van der Waals surface area contributed by atoms with E-state index in [4.69, 9.17) is 10.3 Å². The van der Waals surface area contributed by atoms with E-state index in [1.165, 1.54) is 7.11 Å². The number of benzene rings is 1. The van der Waals surface area contributed by atoms with E-state index in [0.29, 0.717) is 5.75 Å². The van der Waals surface area contributed by atoms with Gasteiger partial charge in [-0.1, -0.05) is 17.2 Å². The number of hydrogen-bond donors (Lipinski definition) is 1. The minimum absolute atomic E-state index is 0.0282. The fourth-order valence-corrected chi connectivity index (χ4v) is 1.79. The summed E-state index contributed by atoms with van der Waals surface area (Å²) < 4.78 is 21.8. The molecule has 0 saturated carbocycles. The molecule has 0 unspecified atom stereocenters. The highest BCUT2D eigenvalue weighted by Crippen LogP contribution is 2.14. The summed E-state index contributed by atoms with van der Waals surface area (Å²) in [6.07, 6.45) is 0.193. The molecule has 0 heterocycles. The van der Waals surface area contributed by atoms with Crippen molar-refractivity contribution in [2.24, 2.45) is 5.11 Å². The molecule has 0 spiro atoms. The smallest absolute Gasteiger partial charge is 0.328 e. The Balaban J connectivity index is 2.70. The van der Waals surface area contributed by atoms with Crippen molar-refractivity contribution in [3.05, 3.63) is 40.3 Å². The van der Waals surface area contributed by atoms with Crippen LogP contribution in [0, 0.1) is 0 Å². The third-order valence-electron chi connectivity index (χ3n) is 2.81. The van der Waals surface area contributed by atoms with E-state index in [2.05, 4.69) is 20.1 Å². The molecule has 1 aromatic carbocycles. The maximum absolute atomic E-state index is 12.0. The summed E-state index contributed by atoms with van der Waals surface area (Å²) in [5.74, 6) is -0.688. The predicted molar refractivity (Wildman–Crippen MR) is 79.6 cm³/mol. The van der Waals surface area contributed by atoms with Gasteiger partial charge in [-0.2, -0.15) is 0 Å². The Bertz CT molecular complexity index is 573. The minimum Gasteiger partial charge on any atom is -0.491 e. The zero-order valence-corrected chi connectivity index (χ0v) is 12.6. The third-order valence-corrected chi connectivity index (χ3v) is 2.81. The Hall–Kier alpha value is -2.80. The molecule has 1 rings (SSSR count). The Labute approximate surface area is 132 Å². The molecule has 9 heteroatoms. The van der Waals surface area contributed by atoms with Crippen molar-refractivity contribution in [3.8, 4) is 5.75 Å². The van der Waals surface area contributed by atoms with Gasteiger partial charge in [-0.3, -0.25) is 4.79 Å². The number of nitrogens with zero attached hydrogens (tertiary/aromatic N) is 3. The summed E-state index contributed by atoms with van der Waals surface area (Å²) in [4.78, 5) is 25.8. The van der Waals surface area contributed by atoms with Crippen LogP contribution in [0.25, 0.3) is 10.4 Å². The number of rotatable bonds is 9. The number of hydrogen-bond acceptors (Lipinski definition) is 5. The molecule has 1 atom stereocenters. The average molecular weight is 324 g/mol.